The van der Waals surface area contributed by atoms with Crippen molar-refractivity contribution in [1.82, 2.24) is 29.3 Å². The summed E-state index contributed by atoms with van der Waals surface area (Å²) in [6, 6.07) is 13.3. The molecule has 0 aliphatic carbocycles. The molecule has 0 radical (unpaired) electrons. The number of aryl methyl sites for hydroxylation is 1. The second-order valence-electron chi connectivity index (χ2n) is 10.4. The fourth-order valence-corrected chi connectivity index (χ4v) is 4.58. The molecule has 0 saturated heterocycles. The molecule has 41 heavy (non-hydrogen) atoms. The molecular formula is C30H36N8O3. The van der Waals surface area contributed by atoms with Gasteiger partial charge in [0.15, 0.2) is 0 Å². The number of para-hydroxylation sites is 2. The third kappa shape index (κ3) is 6.52. The van der Waals surface area contributed by atoms with Crippen LogP contribution in [-0.2, 0) is 16.6 Å². The zero-order chi connectivity index (χ0) is 29.7. The lowest BCUT2D eigenvalue weighted by Gasteiger charge is -2.26. The van der Waals surface area contributed by atoms with Gasteiger partial charge in [0.05, 0.1) is 11.0 Å². The average molecular weight is 557 g/mol. The number of likely N-dealkylation sites (N-methyl/N-ethyl adjacent to an activating group) is 2. The Morgan fingerprint density at radius 1 is 1.07 bits per heavy atom. The number of rotatable bonds is 11. The molecule has 0 saturated carbocycles. The first-order valence-corrected chi connectivity index (χ1v) is 13.3. The minimum atomic E-state index is -0.513. The first-order chi connectivity index (χ1) is 19.6. The maximum Gasteiger partial charge on any atom is 0.334 e. The highest BCUT2D eigenvalue weighted by Crippen LogP contribution is 2.34. The van der Waals surface area contributed by atoms with Crippen molar-refractivity contribution in [2.24, 2.45) is 7.05 Å². The summed E-state index contributed by atoms with van der Waals surface area (Å²) < 4.78 is 3.15. The van der Waals surface area contributed by atoms with Gasteiger partial charge in [0, 0.05) is 62.5 Å². The molecule has 2 aromatic carbocycles. The number of benzene rings is 2. The van der Waals surface area contributed by atoms with Gasteiger partial charge < -0.3 is 15.1 Å². The van der Waals surface area contributed by atoms with Crippen LogP contribution in [0, 0.1) is 0 Å². The van der Waals surface area contributed by atoms with Crippen LogP contribution in [0.5, 0.6) is 0 Å². The molecule has 11 nitrogen and oxygen atoms in total. The van der Waals surface area contributed by atoms with Gasteiger partial charge in [0.2, 0.25) is 18.3 Å². The number of hydrogen-bond acceptors (Lipinski definition) is 8. The van der Waals surface area contributed by atoms with Crippen LogP contribution < -0.4 is 21.2 Å². The predicted molar refractivity (Wildman–Crippen MR) is 163 cm³/mol. The number of imide groups is 1. The van der Waals surface area contributed by atoms with Crippen LogP contribution in [-0.4, -0.2) is 70.6 Å². The molecule has 0 bridgehead atoms. The van der Waals surface area contributed by atoms with Crippen LogP contribution in [0.25, 0.3) is 22.9 Å². The SMILES string of the molecule is CC(C)c1cc(N(C)CCN(C)C)c(C=CC(=O)NC=O)cc1Nc1nccc(-n2c(=O)n(C)c3ccccc32)n1. The lowest BCUT2D eigenvalue weighted by molar-refractivity contribution is -0.121. The molecule has 0 atom stereocenters. The quantitative estimate of drug-likeness (QED) is 0.214. The Hall–Kier alpha value is -4.77. The van der Waals surface area contributed by atoms with Crippen LogP contribution in [0.3, 0.4) is 0 Å². The summed E-state index contributed by atoms with van der Waals surface area (Å²) in [6.45, 7) is 5.81. The lowest BCUT2D eigenvalue weighted by atomic mass is 9.96. The lowest BCUT2D eigenvalue weighted by Crippen LogP contribution is -2.29. The fourth-order valence-electron chi connectivity index (χ4n) is 4.58. The van der Waals surface area contributed by atoms with E-state index in [1.165, 1.54) is 6.08 Å². The molecule has 0 unspecified atom stereocenters. The minimum absolute atomic E-state index is 0.152. The number of aromatic nitrogens is 4. The van der Waals surface area contributed by atoms with Crippen molar-refractivity contribution in [2.45, 2.75) is 19.8 Å². The van der Waals surface area contributed by atoms with Gasteiger partial charge in [-0.3, -0.25) is 19.5 Å². The first kappa shape index (κ1) is 29.2. The molecule has 4 rings (SSSR count). The molecule has 2 N–H and O–H groups in total. The maximum absolute atomic E-state index is 13.1. The van der Waals surface area contributed by atoms with Gasteiger partial charge in [-0.25, -0.2) is 14.3 Å². The van der Waals surface area contributed by atoms with Crippen LogP contribution in [0.1, 0.15) is 30.9 Å². The highest BCUT2D eigenvalue weighted by Gasteiger charge is 2.17. The molecule has 0 aliphatic heterocycles. The van der Waals surface area contributed by atoms with Crippen molar-refractivity contribution in [1.29, 1.82) is 0 Å². The monoisotopic (exact) mass is 556 g/mol. The molecule has 4 aromatic rings. The van der Waals surface area contributed by atoms with E-state index in [-0.39, 0.29) is 11.6 Å². The third-order valence-electron chi connectivity index (χ3n) is 6.81. The van der Waals surface area contributed by atoms with E-state index < -0.39 is 5.91 Å². The van der Waals surface area contributed by atoms with E-state index in [0.29, 0.717) is 18.2 Å². The van der Waals surface area contributed by atoms with Crippen molar-refractivity contribution in [3.05, 3.63) is 76.3 Å². The Labute approximate surface area is 239 Å². The number of fused-ring (bicyclic) bond motifs is 1. The van der Waals surface area contributed by atoms with Gasteiger partial charge in [-0.2, -0.15) is 4.98 Å². The molecule has 2 aromatic heterocycles. The van der Waals surface area contributed by atoms with Gasteiger partial charge in [-0.1, -0.05) is 26.0 Å². The molecule has 2 heterocycles. The maximum atomic E-state index is 13.1. The summed E-state index contributed by atoms with van der Waals surface area (Å²) in [5.41, 5.74) is 4.86. The van der Waals surface area contributed by atoms with Gasteiger partial charge in [-0.15, -0.1) is 0 Å². The van der Waals surface area contributed by atoms with E-state index in [1.807, 2.05) is 51.5 Å². The Kier molecular flexibility index (Phi) is 8.98. The number of carbonyl (C=O) groups excluding carboxylic acids is 2. The van der Waals surface area contributed by atoms with Crippen LogP contribution >= 0.6 is 0 Å². The number of nitrogens with one attached hydrogen (secondary N) is 2. The number of anilines is 3. The number of hydrogen-bond donors (Lipinski definition) is 2. The molecule has 2 amide bonds. The van der Waals surface area contributed by atoms with E-state index in [0.717, 1.165) is 46.6 Å². The van der Waals surface area contributed by atoms with E-state index >= 15 is 0 Å². The van der Waals surface area contributed by atoms with Crippen LogP contribution in [0.15, 0.2) is 59.5 Å². The predicted octanol–water partition coefficient (Wildman–Crippen LogP) is 3.27. The van der Waals surface area contributed by atoms with Gasteiger partial charge >= 0.3 is 5.69 Å². The topological polar surface area (TPSA) is 117 Å². The summed E-state index contributed by atoms with van der Waals surface area (Å²) in [6.07, 6.45) is 4.98. The van der Waals surface area contributed by atoms with Crippen molar-refractivity contribution in [3.63, 3.8) is 0 Å². The smallest absolute Gasteiger partial charge is 0.334 e. The average Bonchev–Trinajstić information content (AvgIpc) is 3.20. The van der Waals surface area contributed by atoms with E-state index in [9.17, 15) is 14.4 Å². The van der Waals surface area contributed by atoms with Crippen molar-refractivity contribution >= 4 is 46.7 Å². The van der Waals surface area contributed by atoms with Gasteiger partial charge in [-0.05, 0) is 55.9 Å². The molecule has 0 fully saturated rings. The summed E-state index contributed by atoms with van der Waals surface area (Å²) in [5.74, 6) is 0.410. The zero-order valence-corrected chi connectivity index (χ0v) is 24.3. The zero-order valence-electron chi connectivity index (χ0n) is 24.3. The number of imidazole rings is 1. The first-order valence-electron chi connectivity index (χ1n) is 13.3. The van der Waals surface area contributed by atoms with Crippen LogP contribution in [0.4, 0.5) is 17.3 Å². The highest BCUT2D eigenvalue weighted by atomic mass is 16.2. The van der Waals surface area contributed by atoms with Gasteiger partial charge in [0.25, 0.3) is 0 Å². The summed E-state index contributed by atoms with van der Waals surface area (Å²) >= 11 is 0. The normalized spacial score (nSPS) is 11.5. The molecule has 0 aliphatic rings. The second-order valence-corrected chi connectivity index (χ2v) is 10.4. The Morgan fingerprint density at radius 2 is 1.80 bits per heavy atom. The van der Waals surface area contributed by atoms with Crippen LogP contribution in [0.2, 0.25) is 0 Å². The molecular weight excluding hydrogens is 520 g/mol. The Balaban J connectivity index is 1.78. The molecule has 0 spiro atoms. The summed E-state index contributed by atoms with van der Waals surface area (Å²) in [7, 11) is 7.78. The summed E-state index contributed by atoms with van der Waals surface area (Å²) in [4.78, 5) is 49.2. The Bertz CT molecular complexity index is 1650. The standard InChI is InChI=1S/C30H36N8O3/c1-20(2)22-18-26(36(5)16-15-35(3)4)21(11-12-28(40)32-19-39)17-23(22)33-29-31-14-13-27(34-29)38-25-10-8-7-9-24(25)37(6)30(38)41/h7-14,17-20H,15-16H2,1-6H3,(H,31,33,34)(H,32,39,40). The van der Waals surface area contributed by atoms with Crippen molar-refractivity contribution in [2.75, 3.05) is 44.4 Å². The number of nitrogens with zero attached hydrogens (tertiary/aromatic N) is 6. The highest BCUT2D eigenvalue weighted by molar-refractivity contribution is 5.98. The van der Waals surface area contributed by atoms with E-state index in [1.54, 1.807) is 34.5 Å². The number of carbonyl (C=O) groups is 2. The Morgan fingerprint density at radius 3 is 2.49 bits per heavy atom. The van der Waals surface area contributed by atoms with Crippen molar-refractivity contribution in [3.8, 4) is 5.82 Å². The van der Waals surface area contributed by atoms with E-state index in [4.69, 9.17) is 0 Å². The minimum Gasteiger partial charge on any atom is -0.373 e. The largest absolute Gasteiger partial charge is 0.373 e. The van der Waals surface area contributed by atoms with Crippen molar-refractivity contribution < 1.29 is 9.59 Å². The molecule has 214 valence electrons. The summed E-state index contributed by atoms with van der Waals surface area (Å²) in [5, 5.41) is 5.48. The second kappa shape index (κ2) is 12.6. The number of amides is 2. The third-order valence-corrected chi connectivity index (χ3v) is 6.81. The van der Waals surface area contributed by atoms with E-state index in [2.05, 4.69) is 50.3 Å². The fraction of sp³-hybridized carbons (Fsp3) is 0.300. The van der Waals surface area contributed by atoms with Gasteiger partial charge in [0.1, 0.15) is 5.82 Å². The molecule has 11 heteroatoms.